The van der Waals surface area contributed by atoms with Crippen LogP contribution in [-0.4, -0.2) is 12.2 Å². The van der Waals surface area contributed by atoms with Crippen LogP contribution < -0.4 is 10.6 Å². The van der Waals surface area contributed by atoms with Crippen LogP contribution in [0.15, 0.2) is 36.4 Å². The molecule has 0 fully saturated rings. The second-order valence-corrected chi connectivity index (χ2v) is 8.36. The number of hydrogen-bond donors (Lipinski definition) is 2. The molecule has 0 amide bonds. The zero-order chi connectivity index (χ0) is 16.3. The molecule has 2 nitrogen and oxygen atoms in total. The van der Waals surface area contributed by atoms with Crippen molar-refractivity contribution in [2.24, 2.45) is 0 Å². The maximum atomic E-state index is 10.4. The summed E-state index contributed by atoms with van der Waals surface area (Å²) in [6, 6.07) is 12.5. The van der Waals surface area contributed by atoms with Crippen LogP contribution in [0.2, 0.25) is 0 Å². The summed E-state index contributed by atoms with van der Waals surface area (Å²) in [7, 11) is 2.59. The van der Waals surface area contributed by atoms with Gasteiger partial charge in [-0.2, -0.15) is 0 Å². The number of hydrogen-bond acceptors (Lipinski definition) is 2. The molecule has 22 heavy (non-hydrogen) atoms. The Bertz CT molecular complexity index is 664. The maximum absolute atomic E-state index is 10.4. The average molecular weight is 315 g/mol. The quantitative estimate of drug-likeness (QED) is 0.818. The van der Waals surface area contributed by atoms with E-state index in [2.05, 4.69) is 44.3 Å². The molecule has 0 saturated carbocycles. The minimum absolute atomic E-state index is 0.0926. The number of nitrogens with one attached hydrogen (secondary N) is 1. The molecule has 2 aromatic carbocycles. The van der Waals surface area contributed by atoms with E-state index in [1.807, 2.05) is 32.2 Å². The normalized spacial score (nSPS) is 12.2. The average Bonchev–Trinajstić information content (AvgIpc) is 2.45. The van der Waals surface area contributed by atoms with Crippen molar-refractivity contribution in [3.63, 3.8) is 0 Å². The molecule has 2 rings (SSSR count). The molecule has 0 radical (unpaired) electrons. The molecule has 2 N–H and O–H groups in total. The molecule has 0 saturated heterocycles. The van der Waals surface area contributed by atoms with Gasteiger partial charge in [0.2, 0.25) is 0 Å². The van der Waals surface area contributed by atoms with Crippen molar-refractivity contribution < 1.29 is 5.11 Å². The third-order valence-corrected chi connectivity index (χ3v) is 5.93. The lowest BCUT2D eigenvalue weighted by molar-refractivity contribution is 0.457. The van der Waals surface area contributed by atoms with Gasteiger partial charge in [0.05, 0.1) is 0 Å². The Morgan fingerprint density at radius 2 is 1.68 bits per heavy atom. The number of para-hydroxylation sites is 1. The van der Waals surface area contributed by atoms with E-state index >= 15 is 0 Å². The molecule has 0 aliphatic rings. The standard InChI is InChI=1S/C19H26NOP/c1-13-8-7-11-16(17(13)21)19(3,4)22-18-14(2)9-6-10-15(18)12-20-5/h6-11,20-22H,12H2,1-5H3. The molecular formula is C19H26NOP. The van der Waals surface area contributed by atoms with Gasteiger partial charge >= 0.3 is 0 Å². The lowest BCUT2D eigenvalue weighted by Gasteiger charge is -2.29. The van der Waals surface area contributed by atoms with Crippen molar-refractivity contribution in [1.29, 1.82) is 0 Å². The highest BCUT2D eigenvalue weighted by Crippen LogP contribution is 2.45. The van der Waals surface area contributed by atoms with Crippen LogP contribution in [0.25, 0.3) is 0 Å². The van der Waals surface area contributed by atoms with Crippen LogP contribution in [0.1, 0.15) is 36.1 Å². The molecule has 0 heterocycles. The van der Waals surface area contributed by atoms with Gasteiger partial charge in [0.15, 0.2) is 0 Å². The van der Waals surface area contributed by atoms with E-state index in [4.69, 9.17) is 0 Å². The Labute approximate surface area is 135 Å². The van der Waals surface area contributed by atoms with Gasteiger partial charge in [-0.25, -0.2) is 0 Å². The van der Waals surface area contributed by atoms with Gasteiger partial charge in [-0.3, -0.25) is 0 Å². The lowest BCUT2D eigenvalue weighted by Crippen LogP contribution is -2.21. The first kappa shape index (κ1) is 17.0. The Hall–Kier alpha value is -1.37. The summed E-state index contributed by atoms with van der Waals surface area (Å²) in [5.41, 5.74) is 4.65. The van der Waals surface area contributed by atoms with Gasteiger partial charge in [0.1, 0.15) is 5.75 Å². The van der Waals surface area contributed by atoms with Crippen molar-refractivity contribution in [1.82, 2.24) is 5.32 Å². The molecule has 2 aromatic rings. The molecule has 0 aromatic heterocycles. The third-order valence-electron chi connectivity index (χ3n) is 4.07. The summed E-state index contributed by atoms with van der Waals surface area (Å²) < 4.78 is 0. The summed E-state index contributed by atoms with van der Waals surface area (Å²) in [6.45, 7) is 9.44. The zero-order valence-electron chi connectivity index (χ0n) is 14.1. The first-order valence-electron chi connectivity index (χ1n) is 7.67. The first-order chi connectivity index (χ1) is 10.4. The number of rotatable bonds is 5. The van der Waals surface area contributed by atoms with Crippen LogP contribution in [0.4, 0.5) is 0 Å². The Morgan fingerprint density at radius 1 is 1.05 bits per heavy atom. The predicted octanol–water partition coefficient (Wildman–Crippen LogP) is 3.97. The van der Waals surface area contributed by atoms with E-state index < -0.39 is 0 Å². The van der Waals surface area contributed by atoms with E-state index in [1.165, 1.54) is 16.4 Å². The summed E-state index contributed by atoms with van der Waals surface area (Å²) in [4.78, 5) is 0. The molecule has 1 atom stereocenters. The maximum Gasteiger partial charge on any atom is 0.122 e. The smallest absolute Gasteiger partial charge is 0.122 e. The molecule has 0 aliphatic carbocycles. The van der Waals surface area contributed by atoms with E-state index in [0.29, 0.717) is 14.3 Å². The fourth-order valence-electron chi connectivity index (χ4n) is 2.79. The molecule has 0 spiro atoms. The lowest BCUT2D eigenvalue weighted by atomic mass is 9.99. The van der Waals surface area contributed by atoms with E-state index in [9.17, 15) is 5.11 Å². The highest BCUT2D eigenvalue weighted by atomic mass is 31.1. The highest BCUT2D eigenvalue weighted by Gasteiger charge is 2.26. The third kappa shape index (κ3) is 3.51. The van der Waals surface area contributed by atoms with Crippen LogP contribution in [0.3, 0.4) is 0 Å². The van der Waals surface area contributed by atoms with Crippen molar-refractivity contribution in [2.45, 2.75) is 39.4 Å². The highest BCUT2D eigenvalue weighted by molar-refractivity contribution is 7.48. The van der Waals surface area contributed by atoms with Crippen molar-refractivity contribution in [3.05, 3.63) is 58.7 Å². The predicted molar refractivity (Wildman–Crippen MR) is 97.8 cm³/mol. The molecular weight excluding hydrogens is 289 g/mol. The Morgan fingerprint density at radius 3 is 2.36 bits per heavy atom. The van der Waals surface area contributed by atoms with Gasteiger partial charge in [0, 0.05) is 17.3 Å². The molecule has 3 heteroatoms. The Kier molecular flexibility index (Phi) is 5.26. The van der Waals surface area contributed by atoms with Crippen LogP contribution in [0, 0.1) is 13.8 Å². The Balaban J connectivity index is 2.43. The summed E-state index contributed by atoms with van der Waals surface area (Å²) in [5.74, 6) is 0.434. The van der Waals surface area contributed by atoms with Crippen LogP contribution >= 0.6 is 8.58 Å². The van der Waals surface area contributed by atoms with Gasteiger partial charge in [-0.15, -0.1) is 0 Å². The monoisotopic (exact) mass is 315 g/mol. The van der Waals surface area contributed by atoms with Gasteiger partial charge in [-0.1, -0.05) is 58.8 Å². The fourth-order valence-corrected chi connectivity index (χ4v) is 4.36. The number of aryl methyl sites for hydroxylation is 2. The SMILES string of the molecule is CNCc1cccc(C)c1PC(C)(C)c1cccc(C)c1O. The van der Waals surface area contributed by atoms with Crippen molar-refractivity contribution in [3.8, 4) is 5.75 Å². The summed E-state index contributed by atoms with van der Waals surface area (Å²) >= 11 is 0. The van der Waals surface area contributed by atoms with Gasteiger partial charge < -0.3 is 10.4 Å². The number of phenols is 1. The molecule has 0 bridgehead atoms. The van der Waals surface area contributed by atoms with Gasteiger partial charge in [-0.05, 0) is 42.9 Å². The fraction of sp³-hybridized carbons (Fsp3) is 0.368. The van der Waals surface area contributed by atoms with Gasteiger partial charge in [0.25, 0.3) is 0 Å². The second-order valence-electron chi connectivity index (χ2n) is 6.36. The van der Waals surface area contributed by atoms with E-state index in [1.54, 1.807) is 0 Å². The first-order valence-corrected chi connectivity index (χ1v) is 8.67. The summed E-state index contributed by atoms with van der Waals surface area (Å²) in [6.07, 6.45) is 0. The number of aromatic hydroxyl groups is 1. The summed E-state index contributed by atoms with van der Waals surface area (Å²) in [5, 5.41) is 15.0. The second kappa shape index (κ2) is 6.81. The number of benzene rings is 2. The minimum Gasteiger partial charge on any atom is -0.507 e. The topological polar surface area (TPSA) is 32.3 Å². The van der Waals surface area contributed by atoms with Crippen LogP contribution in [-0.2, 0) is 11.7 Å². The van der Waals surface area contributed by atoms with E-state index in [-0.39, 0.29) is 5.16 Å². The van der Waals surface area contributed by atoms with Crippen molar-refractivity contribution >= 4 is 13.9 Å². The van der Waals surface area contributed by atoms with Crippen LogP contribution in [0.5, 0.6) is 5.75 Å². The van der Waals surface area contributed by atoms with Crippen molar-refractivity contribution in [2.75, 3.05) is 7.05 Å². The molecule has 1 unspecified atom stereocenters. The number of phenolic OH excluding ortho intramolecular Hbond substituents is 1. The van der Waals surface area contributed by atoms with E-state index in [0.717, 1.165) is 17.7 Å². The zero-order valence-corrected chi connectivity index (χ0v) is 15.1. The molecule has 118 valence electrons. The molecule has 0 aliphatic heterocycles. The largest absolute Gasteiger partial charge is 0.507 e. The minimum atomic E-state index is -0.0926.